The average molecular weight is 297 g/mol. The van der Waals surface area contributed by atoms with Crippen LogP contribution in [0, 0.1) is 0 Å². The first-order valence-electron chi connectivity index (χ1n) is 6.75. The van der Waals surface area contributed by atoms with Crippen LogP contribution in [0.4, 0.5) is 5.69 Å². The minimum absolute atomic E-state index is 0.771. The molecule has 1 amide bonds. The van der Waals surface area contributed by atoms with E-state index in [1.807, 2.05) is 6.07 Å². The van der Waals surface area contributed by atoms with E-state index in [4.69, 9.17) is 11.6 Å². The summed E-state index contributed by atoms with van der Waals surface area (Å²) in [7, 11) is 0. The minimum atomic E-state index is 0.771. The Kier molecular flexibility index (Phi) is 4.01. The van der Waals surface area contributed by atoms with Crippen molar-refractivity contribution in [2.45, 2.75) is 30.6 Å². The Morgan fingerprint density at radius 2 is 1.95 bits per heavy atom. The second-order valence-corrected chi connectivity index (χ2v) is 6.59. The number of hydrogen-bond acceptors (Lipinski definition) is 3. The fourth-order valence-corrected chi connectivity index (χ4v) is 4.01. The number of nitrogens with zero attached hydrogens (tertiary/aromatic N) is 2. The first-order chi connectivity index (χ1) is 9.28. The van der Waals surface area contributed by atoms with E-state index in [2.05, 4.69) is 10.4 Å². The van der Waals surface area contributed by atoms with Gasteiger partial charge in [-0.1, -0.05) is 18.0 Å². The Morgan fingerprint density at radius 1 is 1.16 bits per heavy atom. The minimum Gasteiger partial charge on any atom is -0.314 e. The molecule has 1 aromatic carbocycles. The van der Waals surface area contributed by atoms with Crippen molar-refractivity contribution in [2.24, 2.45) is 0 Å². The standard InChI is InChI=1S/C14H17ClN2OS/c15-12-8-11-4-7-16(10-18)13(11)9-14(12)19-17-5-2-1-3-6-17/h8-10H,1-7H2. The van der Waals surface area contributed by atoms with E-state index in [0.29, 0.717) is 0 Å². The van der Waals surface area contributed by atoms with Crippen LogP contribution < -0.4 is 4.90 Å². The summed E-state index contributed by atoms with van der Waals surface area (Å²) in [6, 6.07) is 4.09. The maximum atomic E-state index is 11.0. The molecule has 19 heavy (non-hydrogen) atoms. The van der Waals surface area contributed by atoms with Gasteiger partial charge in [0.05, 0.1) is 5.02 Å². The van der Waals surface area contributed by atoms with Crippen LogP contribution in [-0.2, 0) is 11.2 Å². The predicted molar refractivity (Wildman–Crippen MR) is 79.8 cm³/mol. The number of fused-ring (bicyclic) bond motifs is 1. The third-order valence-electron chi connectivity index (χ3n) is 3.73. The van der Waals surface area contributed by atoms with Gasteiger partial charge < -0.3 is 4.90 Å². The number of rotatable bonds is 3. The molecule has 0 aromatic heterocycles. The summed E-state index contributed by atoms with van der Waals surface area (Å²) in [4.78, 5) is 13.9. The van der Waals surface area contributed by atoms with Gasteiger partial charge in [0.1, 0.15) is 0 Å². The number of amides is 1. The van der Waals surface area contributed by atoms with E-state index in [1.165, 1.54) is 24.8 Å². The zero-order chi connectivity index (χ0) is 13.2. The van der Waals surface area contributed by atoms with E-state index in [1.54, 1.807) is 16.8 Å². The molecule has 2 aliphatic heterocycles. The van der Waals surface area contributed by atoms with Gasteiger partial charge in [0.25, 0.3) is 0 Å². The lowest BCUT2D eigenvalue weighted by atomic mass is 10.2. The second kappa shape index (κ2) is 5.73. The summed E-state index contributed by atoms with van der Waals surface area (Å²) in [5.74, 6) is 0. The topological polar surface area (TPSA) is 23.6 Å². The first kappa shape index (κ1) is 13.3. The molecule has 0 N–H and O–H groups in total. The molecular weight excluding hydrogens is 280 g/mol. The van der Waals surface area contributed by atoms with Crippen molar-refractivity contribution in [2.75, 3.05) is 24.5 Å². The highest BCUT2D eigenvalue weighted by Gasteiger charge is 2.22. The summed E-state index contributed by atoms with van der Waals surface area (Å²) < 4.78 is 2.37. The van der Waals surface area contributed by atoms with Crippen LogP contribution in [0.3, 0.4) is 0 Å². The molecule has 0 aliphatic carbocycles. The van der Waals surface area contributed by atoms with Crippen LogP contribution in [0.5, 0.6) is 0 Å². The van der Waals surface area contributed by atoms with Gasteiger partial charge in [0.2, 0.25) is 6.41 Å². The molecule has 0 spiro atoms. The van der Waals surface area contributed by atoms with E-state index >= 15 is 0 Å². The van der Waals surface area contributed by atoms with Crippen LogP contribution in [0.2, 0.25) is 5.02 Å². The lowest BCUT2D eigenvalue weighted by molar-refractivity contribution is -0.107. The van der Waals surface area contributed by atoms with E-state index in [-0.39, 0.29) is 0 Å². The van der Waals surface area contributed by atoms with Gasteiger partial charge in [-0.15, -0.1) is 0 Å². The molecule has 1 aromatic rings. The smallest absolute Gasteiger partial charge is 0.214 e. The zero-order valence-electron chi connectivity index (χ0n) is 10.8. The Hall–Kier alpha value is -0.710. The maximum absolute atomic E-state index is 11.0. The largest absolute Gasteiger partial charge is 0.314 e. The molecule has 0 radical (unpaired) electrons. The summed E-state index contributed by atoms with van der Waals surface area (Å²) in [5, 5.41) is 0.807. The van der Waals surface area contributed by atoms with E-state index in [9.17, 15) is 4.79 Å². The Bertz CT molecular complexity index is 489. The molecule has 2 aliphatic rings. The molecule has 0 saturated carbocycles. The maximum Gasteiger partial charge on any atom is 0.214 e. The van der Waals surface area contributed by atoms with Crippen molar-refractivity contribution in [3.05, 3.63) is 22.7 Å². The number of piperidine rings is 1. The number of halogens is 1. The van der Waals surface area contributed by atoms with Gasteiger partial charge in [0, 0.05) is 30.2 Å². The molecule has 3 nitrogen and oxygen atoms in total. The van der Waals surface area contributed by atoms with E-state index < -0.39 is 0 Å². The van der Waals surface area contributed by atoms with Gasteiger partial charge >= 0.3 is 0 Å². The molecule has 5 heteroatoms. The van der Waals surface area contributed by atoms with Crippen molar-refractivity contribution in [3.8, 4) is 0 Å². The lowest BCUT2D eigenvalue weighted by Crippen LogP contribution is -2.23. The van der Waals surface area contributed by atoms with Crippen LogP contribution in [0.15, 0.2) is 17.0 Å². The fourth-order valence-electron chi connectivity index (χ4n) is 2.69. The third kappa shape index (κ3) is 2.76. The number of benzene rings is 1. The van der Waals surface area contributed by atoms with Crippen LogP contribution >= 0.6 is 23.5 Å². The summed E-state index contributed by atoms with van der Waals surface area (Å²) >= 11 is 8.09. The Morgan fingerprint density at radius 3 is 2.68 bits per heavy atom. The number of anilines is 1. The molecular formula is C14H17ClN2OS. The van der Waals surface area contributed by atoms with Crippen molar-refractivity contribution >= 4 is 35.6 Å². The Labute approximate surface area is 123 Å². The van der Waals surface area contributed by atoms with Crippen LogP contribution in [0.25, 0.3) is 0 Å². The predicted octanol–water partition coefficient (Wildman–Crippen LogP) is 3.35. The molecule has 102 valence electrons. The lowest BCUT2D eigenvalue weighted by Gasteiger charge is -2.25. The Balaban J connectivity index is 1.83. The highest BCUT2D eigenvalue weighted by Crippen LogP contribution is 2.38. The van der Waals surface area contributed by atoms with Crippen LogP contribution in [-0.4, -0.2) is 30.3 Å². The quantitative estimate of drug-likeness (QED) is 0.631. The van der Waals surface area contributed by atoms with Gasteiger partial charge in [-0.2, -0.15) is 0 Å². The second-order valence-electron chi connectivity index (χ2n) is 5.04. The van der Waals surface area contributed by atoms with Gasteiger partial charge in [-0.3, -0.25) is 4.79 Å². The molecule has 0 unspecified atom stereocenters. The van der Waals surface area contributed by atoms with Crippen molar-refractivity contribution < 1.29 is 4.79 Å². The number of carbonyl (C=O) groups is 1. The highest BCUT2D eigenvalue weighted by molar-refractivity contribution is 7.97. The summed E-state index contributed by atoms with van der Waals surface area (Å²) in [5.41, 5.74) is 2.21. The van der Waals surface area contributed by atoms with Crippen molar-refractivity contribution in [1.29, 1.82) is 0 Å². The normalized spacial score (nSPS) is 19.5. The van der Waals surface area contributed by atoms with Gasteiger partial charge in [-0.05, 0) is 48.9 Å². The first-order valence-corrected chi connectivity index (χ1v) is 7.90. The molecule has 1 saturated heterocycles. The van der Waals surface area contributed by atoms with E-state index in [0.717, 1.165) is 48.1 Å². The molecule has 2 heterocycles. The third-order valence-corrected chi connectivity index (χ3v) is 5.32. The molecule has 0 bridgehead atoms. The van der Waals surface area contributed by atoms with Gasteiger partial charge in [0.15, 0.2) is 0 Å². The zero-order valence-corrected chi connectivity index (χ0v) is 12.3. The molecule has 1 fully saturated rings. The summed E-state index contributed by atoms with van der Waals surface area (Å²) in [6.45, 7) is 3.01. The number of hydrogen-bond donors (Lipinski definition) is 0. The fraction of sp³-hybridized carbons (Fsp3) is 0.500. The van der Waals surface area contributed by atoms with Crippen molar-refractivity contribution in [3.63, 3.8) is 0 Å². The monoisotopic (exact) mass is 296 g/mol. The average Bonchev–Trinajstić information content (AvgIpc) is 2.82. The molecule has 0 atom stereocenters. The molecule has 3 rings (SSSR count). The van der Waals surface area contributed by atoms with Crippen molar-refractivity contribution in [1.82, 2.24) is 4.31 Å². The van der Waals surface area contributed by atoms with Crippen LogP contribution in [0.1, 0.15) is 24.8 Å². The highest BCUT2D eigenvalue weighted by atomic mass is 35.5. The van der Waals surface area contributed by atoms with Gasteiger partial charge in [-0.25, -0.2) is 4.31 Å². The SMILES string of the molecule is O=CN1CCc2cc(Cl)c(SN3CCCCC3)cc21. The number of carbonyl (C=O) groups excluding carboxylic acids is 1. The summed E-state index contributed by atoms with van der Waals surface area (Å²) in [6.07, 6.45) is 5.66.